The summed E-state index contributed by atoms with van der Waals surface area (Å²) < 4.78 is 1.94. The zero-order chi connectivity index (χ0) is 11.3. The van der Waals surface area contributed by atoms with Crippen LogP contribution in [0.4, 0.5) is 0 Å². The van der Waals surface area contributed by atoms with E-state index >= 15 is 0 Å². The van der Waals surface area contributed by atoms with E-state index in [1.54, 1.807) is 0 Å². The molecule has 0 aliphatic carbocycles. The summed E-state index contributed by atoms with van der Waals surface area (Å²) in [6.07, 6.45) is 4.45. The minimum Gasteiger partial charge on any atom is -0.309 e. The lowest BCUT2D eigenvalue weighted by Crippen LogP contribution is -2.24. The molecule has 0 amide bonds. The summed E-state index contributed by atoms with van der Waals surface area (Å²) in [5.74, 6) is 0. The van der Waals surface area contributed by atoms with Crippen LogP contribution >= 0.6 is 0 Å². The lowest BCUT2D eigenvalue weighted by atomic mass is 10.2. The number of hydrogen-bond acceptors (Lipinski definition) is 3. The van der Waals surface area contributed by atoms with Crippen molar-refractivity contribution >= 4 is 0 Å². The highest BCUT2D eigenvalue weighted by molar-refractivity contribution is 5.04. The zero-order valence-corrected chi connectivity index (χ0v) is 9.57. The van der Waals surface area contributed by atoms with Gasteiger partial charge in [0.1, 0.15) is 0 Å². The second-order valence-electron chi connectivity index (χ2n) is 4.07. The minimum atomic E-state index is 0.234. The standard InChI is InChI=1S/C11H18N4/c1-9(2)15-8-11(7-14-15)6-13-10(3)4-5-12/h7-10,13H,4,6H2,1-3H3. The van der Waals surface area contributed by atoms with Gasteiger partial charge < -0.3 is 5.32 Å². The molecule has 1 aromatic heterocycles. The van der Waals surface area contributed by atoms with Gasteiger partial charge in [0.05, 0.1) is 18.7 Å². The maximum absolute atomic E-state index is 8.50. The van der Waals surface area contributed by atoms with Gasteiger partial charge >= 0.3 is 0 Å². The molecule has 1 heterocycles. The Bertz CT molecular complexity index is 335. The summed E-state index contributed by atoms with van der Waals surface area (Å²) in [5, 5.41) is 16.0. The van der Waals surface area contributed by atoms with Crippen molar-refractivity contribution in [1.82, 2.24) is 15.1 Å². The molecule has 0 aromatic carbocycles. The van der Waals surface area contributed by atoms with Gasteiger partial charge in [0.25, 0.3) is 0 Å². The number of nitriles is 1. The van der Waals surface area contributed by atoms with Crippen LogP contribution in [0.1, 0.15) is 38.8 Å². The summed E-state index contributed by atoms with van der Waals surface area (Å²) in [4.78, 5) is 0. The maximum atomic E-state index is 8.50. The van der Waals surface area contributed by atoms with Crippen LogP contribution in [0.15, 0.2) is 12.4 Å². The van der Waals surface area contributed by atoms with Crippen molar-refractivity contribution < 1.29 is 0 Å². The molecular formula is C11H18N4. The second kappa shape index (κ2) is 5.52. The number of nitrogens with one attached hydrogen (secondary N) is 1. The fraction of sp³-hybridized carbons (Fsp3) is 0.636. The summed E-state index contributed by atoms with van der Waals surface area (Å²) >= 11 is 0. The van der Waals surface area contributed by atoms with Gasteiger partial charge in [-0.2, -0.15) is 10.4 Å². The average molecular weight is 206 g/mol. The Morgan fingerprint density at radius 1 is 1.53 bits per heavy atom. The van der Waals surface area contributed by atoms with E-state index in [1.807, 2.05) is 24.0 Å². The average Bonchev–Trinajstić information content (AvgIpc) is 2.63. The lowest BCUT2D eigenvalue weighted by molar-refractivity contribution is 0.529. The Balaban J connectivity index is 2.41. The molecular weight excluding hydrogens is 188 g/mol. The predicted molar refractivity (Wildman–Crippen MR) is 59.1 cm³/mol. The van der Waals surface area contributed by atoms with Crippen molar-refractivity contribution in [3.63, 3.8) is 0 Å². The van der Waals surface area contributed by atoms with Gasteiger partial charge in [-0.25, -0.2) is 0 Å². The third-order valence-electron chi connectivity index (χ3n) is 2.24. The number of hydrogen-bond donors (Lipinski definition) is 1. The fourth-order valence-electron chi connectivity index (χ4n) is 1.25. The molecule has 15 heavy (non-hydrogen) atoms. The maximum Gasteiger partial charge on any atom is 0.0638 e. The summed E-state index contributed by atoms with van der Waals surface area (Å²) in [6.45, 7) is 6.98. The molecule has 4 nitrogen and oxygen atoms in total. The van der Waals surface area contributed by atoms with E-state index in [1.165, 1.54) is 0 Å². The van der Waals surface area contributed by atoms with Crippen molar-refractivity contribution in [2.45, 2.75) is 45.8 Å². The highest BCUT2D eigenvalue weighted by Crippen LogP contribution is 2.05. The molecule has 1 atom stereocenters. The molecule has 82 valence electrons. The summed E-state index contributed by atoms with van der Waals surface area (Å²) in [5.41, 5.74) is 1.16. The minimum absolute atomic E-state index is 0.234. The fourth-order valence-corrected chi connectivity index (χ4v) is 1.25. The Kier molecular flexibility index (Phi) is 4.32. The van der Waals surface area contributed by atoms with Crippen LogP contribution in [0.25, 0.3) is 0 Å². The highest BCUT2D eigenvalue weighted by atomic mass is 15.3. The first-order valence-corrected chi connectivity index (χ1v) is 5.27. The largest absolute Gasteiger partial charge is 0.309 e. The predicted octanol–water partition coefficient (Wildman–Crippen LogP) is 1.86. The van der Waals surface area contributed by atoms with Gasteiger partial charge in [0, 0.05) is 30.4 Å². The molecule has 0 radical (unpaired) electrons. The number of rotatable bonds is 5. The van der Waals surface area contributed by atoms with Crippen LogP contribution in [0, 0.1) is 11.3 Å². The Morgan fingerprint density at radius 2 is 2.27 bits per heavy atom. The number of nitrogens with zero attached hydrogens (tertiary/aromatic N) is 3. The van der Waals surface area contributed by atoms with Crippen LogP contribution in [0.2, 0.25) is 0 Å². The van der Waals surface area contributed by atoms with Crippen molar-refractivity contribution in [1.29, 1.82) is 5.26 Å². The van der Waals surface area contributed by atoms with E-state index in [0.717, 1.165) is 12.1 Å². The van der Waals surface area contributed by atoms with Crippen molar-refractivity contribution in [3.05, 3.63) is 18.0 Å². The van der Waals surface area contributed by atoms with Crippen LogP contribution in [-0.4, -0.2) is 15.8 Å². The van der Waals surface area contributed by atoms with E-state index in [0.29, 0.717) is 12.5 Å². The molecule has 0 saturated heterocycles. The van der Waals surface area contributed by atoms with Crippen molar-refractivity contribution in [2.24, 2.45) is 0 Å². The van der Waals surface area contributed by atoms with Gasteiger partial charge in [-0.3, -0.25) is 4.68 Å². The summed E-state index contributed by atoms with van der Waals surface area (Å²) in [6, 6.07) is 2.78. The first-order chi connectivity index (χ1) is 7.13. The van der Waals surface area contributed by atoms with E-state index in [2.05, 4.69) is 30.3 Å². The topological polar surface area (TPSA) is 53.6 Å². The molecule has 0 aliphatic heterocycles. The molecule has 0 fully saturated rings. The van der Waals surface area contributed by atoms with E-state index in [9.17, 15) is 0 Å². The van der Waals surface area contributed by atoms with Gasteiger partial charge in [0.15, 0.2) is 0 Å². The molecule has 1 aromatic rings. The molecule has 1 N–H and O–H groups in total. The Morgan fingerprint density at radius 3 is 2.80 bits per heavy atom. The van der Waals surface area contributed by atoms with Crippen LogP contribution in [0.3, 0.4) is 0 Å². The molecule has 1 unspecified atom stereocenters. The van der Waals surface area contributed by atoms with Crippen LogP contribution in [-0.2, 0) is 6.54 Å². The van der Waals surface area contributed by atoms with Crippen molar-refractivity contribution in [2.75, 3.05) is 0 Å². The molecule has 0 aliphatic rings. The highest BCUT2D eigenvalue weighted by Gasteiger charge is 2.03. The van der Waals surface area contributed by atoms with E-state index in [-0.39, 0.29) is 6.04 Å². The van der Waals surface area contributed by atoms with Crippen molar-refractivity contribution in [3.8, 4) is 6.07 Å². The van der Waals surface area contributed by atoms with E-state index < -0.39 is 0 Å². The SMILES string of the molecule is CC(CC#N)NCc1cnn(C(C)C)c1. The first kappa shape index (κ1) is 11.7. The van der Waals surface area contributed by atoms with Gasteiger partial charge in [-0.15, -0.1) is 0 Å². The second-order valence-corrected chi connectivity index (χ2v) is 4.07. The van der Waals surface area contributed by atoms with Gasteiger partial charge in [-0.1, -0.05) is 0 Å². The Labute approximate surface area is 90.9 Å². The smallest absolute Gasteiger partial charge is 0.0638 e. The monoisotopic (exact) mass is 206 g/mol. The first-order valence-electron chi connectivity index (χ1n) is 5.27. The van der Waals surface area contributed by atoms with Crippen LogP contribution in [0.5, 0.6) is 0 Å². The lowest BCUT2D eigenvalue weighted by Gasteiger charge is -2.08. The Hall–Kier alpha value is -1.34. The number of aromatic nitrogens is 2. The molecule has 0 spiro atoms. The quantitative estimate of drug-likeness (QED) is 0.800. The van der Waals surface area contributed by atoms with Gasteiger partial charge in [0.2, 0.25) is 0 Å². The van der Waals surface area contributed by atoms with E-state index in [4.69, 9.17) is 5.26 Å². The third kappa shape index (κ3) is 3.72. The third-order valence-corrected chi connectivity index (χ3v) is 2.24. The molecule has 0 bridgehead atoms. The molecule has 1 rings (SSSR count). The molecule has 0 saturated carbocycles. The summed E-state index contributed by atoms with van der Waals surface area (Å²) in [7, 11) is 0. The zero-order valence-electron chi connectivity index (χ0n) is 9.57. The molecule has 4 heteroatoms. The van der Waals surface area contributed by atoms with Crippen LogP contribution < -0.4 is 5.32 Å². The van der Waals surface area contributed by atoms with Gasteiger partial charge in [-0.05, 0) is 20.8 Å². The normalized spacial score (nSPS) is 12.7.